The molecule has 1 saturated heterocycles. The van der Waals surface area contributed by atoms with E-state index in [1.54, 1.807) is 25.1 Å². The second-order valence-electron chi connectivity index (χ2n) is 7.46. The Bertz CT molecular complexity index is 935. The summed E-state index contributed by atoms with van der Waals surface area (Å²) in [4.78, 5) is 27.1. The highest BCUT2D eigenvalue weighted by atomic mass is 35.5. The predicted octanol–water partition coefficient (Wildman–Crippen LogP) is 3.14. The number of carbonyl (C=O) groups is 2. The number of carbonyl (C=O) groups excluding carboxylic acids is 2. The van der Waals surface area contributed by atoms with Gasteiger partial charge in [0.25, 0.3) is 5.91 Å². The molecule has 0 saturated carbocycles. The summed E-state index contributed by atoms with van der Waals surface area (Å²) in [5.41, 5.74) is 1.12. The Morgan fingerprint density at radius 1 is 1.16 bits per heavy atom. The fraction of sp³-hybridized carbons (Fsp3) is 0.391. The van der Waals surface area contributed by atoms with Crippen LogP contribution in [0.3, 0.4) is 0 Å². The number of nitrogens with zero attached hydrogens (tertiary/aromatic N) is 1. The average molecular weight is 480 g/mol. The molecule has 7 nitrogen and oxygen atoms in total. The van der Waals surface area contributed by atoms with Gasteiger partial charge < -0.3 is 20.1 Å². The molecule has 3 rings (SSSR count). The average Bonchev–Trinajstić information content (AvgIpc) is 2.80. The number of nitrogens with one attached hydrogen (secondary N) is 2. The molecule has 0 aliphatic carbocycles. The van der Waals surface area contributed by atoms with E-state index in [4.69, 9.17) is 32.7 Å². The van der Waals surface area contributed by atoms with Crippen molar-refractivity contribution in [2.75, 3.05) is 39.5 Å². The van der Waals surface area contributed by atoms with Crippen LogP contribution in [0.2, 0.25) is 10.0 Å². The van der Waals surface area contributed by atoms with Crippen LogP contribution in [0.5, 0.6) is 5.75 Å². The smallest absolute Gasteiger partial charge is 0.253 e. The molecule has 2 aromatic rings. The maximum atomic E-state index is 12.4. The molecule has 1 fully saturated rings. The van der Waals surface area contributed by atoms with Gasteiger partial charge in [-0.3, -0.25) is 14.5 Å². The number of halogens is 2. The molecule has 0 aromatic heterocycles. The number of rotatable bonds is 9. The molecule has 1 unspecified atom stereocenters. The number of hydrogen-bond acceptors (Lipinski definition) is 5. The van der Waals surface area contributed by atoms with Crippen molar-refractivity contribution in [3.8, 4) is 5.75 Å². The van der Waals surface area contributed by atoms with Gasteiger partial charge in [-0.15, -0.1) is 0 Å². The van der Waals surface area contributed by atoms with Gasteiger partial charge in [-0.25, -0.2) is 0 Å². The number of hydrogen-bond donors (Lipinski definition) is 2. The van der Waals surface area contributed by atoms with Gasteiger partial charge in [0, 0.05) is 26.2 Å². The minimum absolute atomic E-state index is 0.157. The van der Waals surface area contributed by atoms with Gasteiger partial charge in [0.05, 0.1) is 28.8 Å². The van der Waals surface area contributed by atoms with Crippen molar-refractivity contribution in [1.82, 2.24) is 15.5 Å². The first-order valence-corrected chi connectivity index (χ1v) is 11.2. The number of amides is 2. The number of ether oxygens (including phenoxy) is 2. The molecular weight excluding hydrogens is 453 g/mol. The minimum Gasteiger partial charge on any atom is -0.492 e. The van der Waals surface area contributed by atoms with Crippen LogP contribution in [0.1, 0.15) is 22.8 Å². The number of benzene rings is 2. The summed E-state index contributed by atoms with van der Waals surface area (Å²) in [7, 11) is 0. The quantitative estimate of drug-likeness (QED) is 0.577. The van der Waals surface area contributed by atoms with Gasteiger partial charge >= 0.3 is 0 Å². The van der Waals surface area contributed by atoms with Gasteiger partial charge in [-0.05, 0) is 36.8 Å². The molecule has 9 heteroatoms. The van der Waals surface area contributed by atoms with Crippen LogP contribution in [-0.2, 0) is 16.1 Å². The van der Waals surface area contributed by atoms with E-state index in [9.17, 15) is 9.59 Å². The molecule has 0 spiro atoms. The second kappa shape index (κ2) is 12.1. The van der Waals surface area contributed by atoms with Crippen LogP contribution in [0.4, 0.5) is 0 Å². The van der Waals surface area contributed by atoms with Crippen LogP contribution >= 0.6 is 23.2 Å². The molecule has 172 valence electrons. The molecule has 1 aliphatic heterocycles. The fourth-order valence-corrected chi connectivity index (χ4v) is 3.61. The lowest BCUT2D eigenvalue weighted by molar-refractivity contribution is -0.122. The maximum Gasteiger partial charge on any atom is 0.253 e. The lowest BCUT2D eigenvalue weighted by atomic mass is 10.2. The van der Waals surface area contributed by atoms with Crippen molar-refractivity contribution in [2.45, 2.75) is 19.5 Å². The van der Waals surface area contributed by atoms with Crippen molar-refractivity contribution < 1.29 is 19.1 Å². The molecule has 1 atom stereocenters. The van der Waals surface area contributed by atoms with E-state index in [0.29, 0.717) is 13.2 Å². The number of morpholine rings is 1. The predicted molar refractivity (Wildman–Crippen MR) is 124 cm³/mol. The lowest BCUT2D eigenvalue weighted by Gasteiger charge is -2.26. The van der Waals surface area contributed by atoms with Crippen LogP contribution in [0.25, 0.3) is 0 Å². The molecule has 2 aromatic carbocycles. The standard InChI is InChI=1S/C23H27Cl2N3O4/c1-16(27-23(30)19-6-3-7-20(24)21(19)25)22(29)26-15-17-4-2-5-18(14-17)32-13-10-28-8-11-31-12-9-28/h2-7,14,16H,8-13,15H2,1H3,(H,26,29)(H,27,30). The normalized spacial score (nSPS) is 15.1. The third-order valence-electron chi connectivity index (χ3n) is 5.08. The van der Waals surface area contributed by atoms with Gasteiger partial charge in [0.1, 0.15) is 18.4 Å². The van der Waals surface area contributed by atoms with Crippen molar-refractivity contribution in [2.24, 2.45) is 0 Å². The van der Waals surface area contributed by atoms with Crippen LogP contribution in [0, 0.1) is 0 Å². The minimum atomic E-state index is -0.745. The maximum absolute atomic E-state index is 12.4. The first-order valence-electron chi connectivity index (χ1n) is 10.5. The summed E-state index contributed by atoms with van der Waals surface area (Å²) in [6.45, 7) is 6.74. The van der Waals surface area contributed by atoms with Crippen LogP contribution < -0.4 is 15.4 Å². The summed E-state index contributed by atoms with van der Waals surface area (Å²) in [6, 6.07) is 11.6. The summed E-state index contributed by atoms with van der Waals surface area (Å²) >= 11 is 12.0. The molecule has 1 heterocycles. The van der Waals surface area contributed by atoms with Crippen molar-refractivity contribution in [3.05, 3.63) is 63.6 Å². The third-order valence-corrected chi connectivity index (χ3v) is 5.90. The van der Waals surface area contributed by atoms with Crippen molar-refractivity contribution in [1.29, 1.82) is 0 Å². The Kier molecular flexibility index (Phi) is 9.17. The van der Waals surface area contributed by atoms with E-state index in [2.05, 4.69) is 15.5 Å². The zero-order valence-electron chi connectivity index (χ0n) is 17.9. The van der Waals surface area contributed by atoms with Crippen molar-refractivity contribution >= 4 is 35.0 Å². The largest absolute Gasteiger partial charge is 0.492 e. The highest BCUT2D eigenvalue weighted by Gasteiger charge is 2.19. The Hall–Kier alpha value is -2.32. The van der Waals surface area contributed by atoms with Gasteiger partial charge in [0.2, 0.25) is 5.91 Å². The van der Waals surface area contributed by atoms with E-state index < -0.39 is 11.9 Å². The fourth-order valence-electron chi connectivity index (χ4n) is 3.22. The van der Waals surface area contributed by atoms with Crippen LogP contribution in [0.15, 0.2) is 42.5 Å². The lowest BCUT2D eigenvalue weighted by Crippen LogP contribution is -2.44. The molecule has 32 heavy (non-hydrogen) atoms. The van der Waals surface area contributed by atoms with Gasteiger partial charge in [0.15, 0.2) is 0 Å². The van der Waals surface area contributed by atoms with E-state index >= 15 is 0 Å². The topological polar surface area (TPSA) is 79.9 Å². The highest BCUT2D eigenvalue weighted by Crippen LogP contribution is 2.25. The zero-order chi connectivity index (χ0) is 22.9. The second-order valence-corrected chi connectivity index (χ2v) is 8.25. The monoisotopic (exact) mass is 479 g/mol. The summed E-state index contributed by atoms with van der Waals surface area (Å²) in [6.07, 6.45) is 0. The SMILES string of the molecule is CC(NC(=O)c1cccc(Cl)c1Cl)C(=O)NCc1cccc(OCCN2CCOCC2)c1. The Morgan fingerprint density at radius 2 is 1.91 bits per heavy atom. The Balaban J connectivity index is 1.45. The molecule has 0 bridgehead atoms. The molecule has 0 radical (unpaired) electrons. The van der Waals surface area contributed by atoms with E-state index in [-0.39, 0.29) is 21.5 Å². The van der Waals surface area contributed by atoms with Crippen LogP contribution in [-0.4, -0.2) is 62.2 Å². The summed E-state index contributed by atoms with van der Waals surface area (Å²) in [5, 5.41) is 5.90. The Morgan fingerprint density at radius 3 is 2.69 bits per heavy atom. The molecular formula is C23H27Cl2N3O4. The Labute approximate surface area is 198 Å². The van der Waals surface area contributed by atoms with E-state index in [0.717, 1.165) is 44.2 Å². The first-order chi connectivity index (χ1) is 15.4. The zero-order valence-corrected chi connectivity index (χ0v) is 19.4. The van der Waals surface area contributed by atoms with Gasteiger partial charge in [-0.1, -0.05) is 41.4 Å². The van der Waals surface area contributed by atoms with Crippen molar-refractivity contribution in [3.63, 3.8) is 0 Å². The van der Waals surface area contributed by atoms with E-state index in [1.165, 1.54) is 0 Å². The first kappa shape index (κ1) is 24.3. The summed E-state index contributed by atoms with van der Waals surface area (Å²) in [5.74, 6) is -0.0205. The summed E-state index contributed by atoms with van der Waals surface area (Å²) < 4.78 is 11.2. The molecule has 2 N–H and O–H groups in total. The van der Waals surface area contributed by atoms with Gasteiger partial charge in [-0.2, -0.15) is 0 Å². The highest BCUT2D eigenvalue weighted by molar-refractivity contribution is 6.43. The van der Waals surface area contributed by atoms with E-state index in [1.807, 2.05) is 24.3 Å². The third kappa shape index (κ3) is 7.10. The molecule has 2 amide bonds. The molecule has 1 aliphatic rings.